The molecule has 1 aromatic carbocycles. The fourth-order valence-corrected chi connectivity index (χ4v) is 1.70. The summed E-state index contributed by atoms with van der Waals surface area (Å²) in [7, 11) is 3.88. The summed E-state index contributed by atoms with van der Waals surface area (Å²) in [5, 5.41) is 0. The van der Waals surface area contributed by atoms with Crippen molar-refractivity contribution in [1.82, 2.24) is 0 Å². The van der Waals surface area contributed by atoms with Gasteiger partial charge in [-0.3, -0.25) is 10.3 Å². The number of unbranched alkanes of at least 4 members (excludes halogenated alkanes) is 3. The van der Waals surface area contributed by atoms with E-state index in [2.05, 4.69) is 6.92 Å². The third-order valence-corrected chi connectivity index (χ3v) is 2.90. The molecule has 3 heteroatoms. The van der Waals surface area contributed by atoms with Gasteiger partial charge in [-0.2, -0.15) is 0 Å². The van der Waals surface area contributed by atoms with E-state index < -0.39 is 0 Å². The highest BCUT2D eigenvalue weighted by Gasteiger charge is 2.05. The van der Waals surface area contributed by atoms with Crippen molar-refractivity contribution in [3.8, 4) is 5.75 Å². The highest BCUT2D eigenvalue weighted by Crippen LogP contribution is 2.12. The molecule has 0 spiro atoms. The van der Waals surface area contributed by atoms with Crippen LogP contribution in [0.4, 0.5) is 0 Å². The van der Waals surface area contributed by atoms with E-state index in [1.165, 1.54) is 19.3 Å². The lowest BCUT2D eigenvalue weighted by Gasteiger charge is -2.06. The average molecular weight is 249 g/mol. The van der Waals surface area contributed by atoms with E-state index in [0.29, 0.717) is 0 Å². The second-order valence-corrected chi connectivity index (χ2v) is 4.71. The minimum Gasteiger partial charge on any atom is -0.494 e. The molecule has 0 amide bonds. The van der Waals surface area contributed by atoms with Crippen LogP contribution in [0.25, 0.3) is 0 Å². The molecule has 0 aromatic heterocycles. The number of hydrogen-bond donors (Lipinski definition) is 1. The van der Waals surface area contributed by atoms with Crippen LogP contribution < -0.4 is 10.5 Å². The maximum absolute atomic E-state index is 5.94. The summed E-state index contributed by atoms with van der Waals surface area (Å²) < 4.78 is 7.59. The van der Waals surface area contributed by atoms with Crippen LogP contribution in [0.1, 0.15) is 38.2 Å². The van der Waals surface area contributed by atoms with Gasteiger partial charge in [0.1, 0.15) is 5.75 Å². The molecule has 0 bridgehead atoms. The van der Waals surface area contributed by atoms with Gasteiger partial charge in [-0.25, -0.2) is 0 Å². The number of nitrogens with zero attached hydrogens (tertiary/aromatic N) is 1. The average Bonchev–Trinajstić information content (AvgIpc) is 2.38. The highest BCUT2D eigenvalue weighted by atomic mass is 16.5. The standard InChI is InChI=1S/C15H24N2O/c1-4-5-6-7-12-18-14-10-8-13(9-11-14)15(16)17(2)3/h8-11,16H,4-7,12H2,1-3H3/p+1. The summed E-state index contributed by atoms with van der Waals surface area (Å²) in [6.07, 6.45) is 4.92. The molecule has 0 radical (unpaired) electrons. The molecule has 18 heavy (non-hydrogen) atoms. The molecule has 100 valence electrons. The Kier molecular flexibility index (Phi) is 6.26. The van der Waals surface area contributed by atoms with Crippen LogP contribution in [0.2, 0.25) is 0 Å². The summed E-state index contributed by atoms with van der Waals surface area (Å²) in [6.45, 7) is 3.01. The van der Waals surface area contributed by atoms with Gasteiger partial charge in [-0.05, 0) is 30.7 Å². The van der Waals surface area contributed by atoms with Gasteiger partial charge in [0.25, 0.3) is 5.84 Å². The molecule has 1 aromatic rings. The molecule has 2 N–H and O–H groups in total. The van der Waals surface area contributed by atoms with Crippen molar-refractivity contribution in [2.24, 2.45) is 5.73 Å². The molecule has 0 aliphatic rings. The van der Waals surface area contributed by atoms with E-state index in [1.807, 2.05) is 42.9 Å². The van der Waals surface area contributed by atoms with Crippen LogP contribution >= 0.6 is 0 Å². The molecule has 0 saturated carbocycles. The van der Waals surface area contributed by atoms with E-state index in [0.717, 1.165) is 30.2 Å². The minimum atomic E-state index is 0.768. The van der Waals surface area contributed by atoms with Gasteiger partial charge in [-0.15, -0.1) is 0 Å². The minimum absolute atomic E-state index is 0.768. The number of benzene rings is 1. The topological polar surface area (TPSA) is 38.3 Å². The largest absolute Gasteiger partial charge is 0.494 e. The van der Waals surface area contributed by atoms with Gasteiger partial charge in [0.15, 0.2) is 0 Å². The molecule has 0 atom stereocenters. The predicted octanol–water partition coefficient (Wildman–Crippen LogP) is 2.62. The smallest absolute Gasteiger partial charge is 0.274 e. The van der Waals surface area contributed by atoms with E-state index in [4.69, 9.17) is 10.5 Å². The second-order valence-electron chi connectivity index (χ2n) is 4.71. The molecule has 0 heterocycles. The Morgan fingerprint density at radius 1 is 1.11 bits per heavy atom. The molecule has 0 fully saturated rings. The Bertz CT molecular complexity index is 378. The fraction of sp³-hybridized carbons (Fsp3) is 0.533. The van der Waals surface area contributed by atoms with Gasteiger partial charge >= 0.3 is 0 Å². The van der Waals surface area contributed by atoms with E-state index in [9.17, 15) is 0 Å². The molecule has 3 nitrogen and oxygen atoms in total. The zero-order valence-corrected chi connectivity index (χ0v) is 11.8. The maximum Gasteiger partial charge on any atom is 0.274 e. The van der Waals surface area contributed by atoms with E-state index in [-0.39, 0.29) is 0 Å². The number of ether oxygens (including phenoxy) is 1. The van der Waals surface area contributed by atoms with Gasteiger partial charge in [0.2, 0.25) is 0 Å². The van der Waals surface area contributed by atoms with Crippen LogP contribution in [0.5, 0.6) is 5.75 Å². The quantitative estimate of drug-likeness (QED) is 0.349. The van der Waals surface area contributed by atoms with Gasteiger partial charge in [-0.1, -0.05) is 26.2 Å². The van der Waals surface area contributed by atoms with Crippen molar-refractivity contribution in [1.29, 1.82) is 0 Å². The summed E-state index contributed by atoms with van der Waals surface area (Å²) in [6, 6.07) is 7.95. The first-order valence-corrected chi connectivity index (χ1v) is 6.68. The molecular weight excluding hydrogens is 224 g/mol. The third-order valence-electron chi connectivity index (χ3n) is 2.90. The second kappa shape index (κ2) is 7.75. The van der Waals surface area contributed by atoms with Crippen molar-refractivity contribution >= 4 is 5.84 Å². The SMILES string of the molecule is CCCCCCOc1ccc(C(N)=[N+](C)C)cc1. The fourth-order valence-electron chi connectivity index (χ4n) is 1.70. The van der Waals surface area contributed by atoms with E-state index in [1.54, 1.807) is 0 Å². The molecular formula is C15H25N2O+. The Balaban J connectivity index is 2.44. The highest BCUT2D eigenvalue weighted by molar-refractivity contribution is 5.93. The lowest BCUT2D eigenvalue weighted by Crippen LogP contribution is -2.23. The first-order valence-electron chi connectivity index (χ1n) is 6.68. The number of hydrogen-bond acceptors (Lipinski definition) is 1. The number of rotatable bonds is 7. The summed E-state index contributed by atoms with van der Waals surface area (Å²) in [5.74, 6) is 1.69. The molecule has 0 aliphatic carbocycles. The lowest BCUT2D eigenvalue weighted by molar-refractivity contribution is -0.464. The molecule has 0 saturated heterocycles. The van der Waals surface area contributed by atoms with Crippen molar-refractivity contribution in [3.63, 3.8) is 0 Å². The normalized spacial score (nSPS) is 10.2. The van der Waals surface area contributed by atoms with Gasteiger partial charge in [0.05, 0.1) is 26.3 Å². The number of nitrogens with two attached hydrogens (primary N) is 1. The Hall–Kier alpha value is -1.51. The van der Waals surface area contributed by atoms with Gasteiger partial charge in [0, 0.05) is 0 Å². The zero-order chi connectivity index (χ0) is 13.4. The molecule has 1 rings (SSSR count). The van der Waals surface area contributed by atoms with Gasteiger partial charge < -0.3 is 4.74 Å². The van der Waals surface area contributed by atoms with Crippen molar-refractivity contribution in [2.75, 3.05) is 20.7 Å². The Labute approximate surface area is 110 Å². The monoisotopic (exact) mass is 249 g/mol. The zero-order valence-electron chi connectivity index (χ0n) is 11.8. The third kappa shape index (κ3) is 4.78. The molecule has 0 unspecified atom stereocenters. The van der Waals surface area contributed by atoms with E-state index >= 15 is 0 Å². The van der Waals surface area contributed by atoms with Crippen LogP contribution in [0, 0.1) is 0 Å². The first-order chi connectivity index (χ1) is 8.65. The van der Waals surface area contributed by atoms with Crippen molar-refractivity contribution in [3.05, 3.63) is 29.8 Å². The summed E-state index contributed by atoms with van der Waals surface area (Å²) in [4.78, 5) is 0. The predicted molar refractivity (Wildman–Crippen MR) is 76.5 cm³/mol. The molecule has 0 aliphatic heterocycles. The summed E-state index contributed by atoms with van der Waals surface area (Å²) >= 11 is 0. The Morgan fingerprint density at radius 2 is 1.78 bits per heavy atom. The van der Waals surface area contributed by atoms with Crippen molar-refractivity contribution < 1.29 is 9.31 Å². The number of amidine groups is 1. The lowest BCUT2D eigenvalue weighted by atomic mass is 10.2. The van der Waals surface area contributed by atoms with Crippen LogP contribution in [0.15, 0.2) is 24.3 Å². The summed E-state index contributed by atoms with van der Waals surface area (Å²) in [5.41, 5.74) is 6.97. The van der Waals surface area contributed by atoms with Crippen molar-refractivity contribution in [2.45, 2.75) is 32.6 Å². The first kappa shape index (κ1) is 14.6. The van der Waals surface area contributed by atoms with Crippen LogP contribution in [0.3, 0.4) is 0 Å². The van der Waals surface area contributed by atoms with Crippen LogP contribution in [-0.2, 0) is 0 Å². The Morgan fingerprint density at radius 3 is 2.33 bits per heavy atom. The van der Waals surface area contributed by atoms with Crippen LogP contribution in [-0.4, -0.2) is 31.1 Å². The maximum atomic E-state index is 5.94.